The summed E-state index contributed by atoms with van der Waals surface area (Å²) in [5.41, 5.74) is 4.32. The van der Waals surface area contributed by atoms with Gasteiger partial charge in [0.1, 0.15) is 0 Å². The van der Waals surface area contributed by atoms with Crippen molar-refractivity contribution >= 4 is 54.3 Å². The Morgan fingerprint density at radius 3 is 2.35 bits per heavy atom. The molecule has 23 heavy (non-hydrogen) atoms. The number of rotatable bonds is 1. The first-order valence-electron chi connectivity index (χ1n) is 7.96. The summed E-state index contributed by atoms with van der Waals surface area (Å²) in [5, 5.41) is 8.98. The highest BCUT2D eigenvalue weighted by molar-refractivity contribution is 9.09. The quantitative estimate of drug-likeness (QED) is 0.207. The number of hydrogen-bond acceptors (Lipinski definition) is 0. The molecule has 1 aliphatic rings. The van der Waals surface area contributed by atoms with Gasteiger partial charge in [0, 0.05) is 5.33 Å². The minimum absolute atomic E-state index is 0.960. The first kappa shape index (κ1) is 13.3. The molecule has 0 nitrogen and oxygen atoms in total. The Bertz CT molecular complexity index is 1120. The van der Waals surface area contributed by atoms with Crippen LogP contribution >= 0.6 is 15.9 Å². The summed E-state index contributed by atoms with van der Waals surface area (Å²) in [6.07, 6.45) is 3.44. The van der Waals surface area contributed by atoms with Crippen molar-refractivity contribution < 1.29 is 0 Å². The second-order valence-corrected chi connectivity index (χ2v) is 6.89. The third kappa shape index (κ3) is 1.96. The van der Waals surface area contributed by atoms with Crippen LogP contribution in [0.25, 0.3) is 38.4 Å². The monoisotopic (exact) mass is 358 g/mol. The Morgan fingerprint density at radius 1 is 0.739 bits per heavy atom. The summed E-state index contributed by atoms with van der Waals surface area (Å²) < 4.78 is 0. The van der Waals surface area contributed by atoms with Gasteiger partial charge in [-0.05, 0) is 62.0 Å². The van der Waals surface area contributed by atoms with Gasteiger partial charge < -0.3 is 0 Å². The number of fused-ring (bicyclic) bond motifs is 6. The highest BCUT2D eigenvalue weighted by Crippen LogP contribution is 2.36. The molecule has 0 spiro atoms. The van der Waals surface area contributed by atoms with Gasteiger partial charge in [-0.15, -0.1) is 0 Å². The molecule has 0 fully saturated rings. The van der Waals surface area contributed by atoms with E-state index in [0.717, 1.165) is 11.8 Å². The van der Waals surface area contributed by atoms with Gasteiger partial charge in [0.2, 0.25) is 0 Å². The zero-order valence-corrected chi connectivity index (χ0v) is 14.2. The number of benzene rings is 4. The van der Waals surface area contributed by atoms with Crippen LogP contribution in [0.1, 0.15) is 11.1 Å². The van der Waals surface area contributed by atoms with Crippen LogP contribution in [-0.4, -0.2) is 5.33 Å². The largest absolute Gasteiger partial charge is 0.0880 e. The van der Waals surface area contributed by atoms with Crippen molar-refractivity contribution in [2.24, 2.45) is 0 Å². The summed E-state index contributed by atoms with van der Waals surface area (Å²) >= 11 is 3.60. The second-order valence-electron chi connectivity index (χ2n) is 6.33. The van der Waals surface area contributed by atoms with Gasteiger partial charge in [0.15, 0.2) is 0 Å². The lowest BCUT2D eigenvalue weighted by atomic mass is 9.94. The van der Waals surface area contributed by atoms with E-state index < -0.39 is 0 Å². The maximum absolute atomic E-state index is 3.60. The van der Waals surface area contributed by atoms with Crippen molar-refractivity contribution in [2.75, 3.05) is 5.33 Å². The number of alkyl halides is 1. The maximum Gasteiger partial charge on any atom is 0.0248 e. The first-order chi connectivity index (χ1) is 11.3. The molecule has 0 radical (unpaired) electrons. The van der Waals surface area contributed by atoms with Crippen LogP contribution in [0.4, 0.5) is 0 Å². The van der Waals surface area contributed by atoms with Crippen LogP contribution in [0.2, 0.25) is 0 Å². The van der Waals surface area contributed by atoms with Gasteiger partial charge in [-0.3, -0.25) is 0 Å². The molecule has 0 aliphatic heterocycles. The average molecular weight is 359 g/mol. The van der Waals surface area contributed by atoms with E-state index in [-0.39, 0.29) is 0 Å². The lowest BCUT2D eigenvalue weighted by molar-refractivity contribution is 1.21. The molecule has 1 heteroatoms. The third-order valence-corrected chi connectivity index (χ3v) is 5.67. The molecule has 0 amide bonds. The van der Waals surface area contributed by atoms with E-state index in [1.54, 1.807) is 0 Å². The molecule has 4 aromatic rings. The molecule has 0 aromatic heterocycles. The Balaban J connectivity index is 1.90. The van der Waals surface area contributed by atoms with E-state index >= 15 is 0 Å². The molecule has 0 atom stereocenters. The molecule has 0 saturated carbocycles. The molecule has 0 unspecified atom stereocenters. The van der Waals surface area contributed by atoms with Crippen LogP contribution in [0.3, 0.4) is 0 Å². The highest BCUT2D eigenvalue weighted by atomic mass is 79.9. The van der Waals surface area contributed by atoms with E-state index in [4.69, 9.17) is 0 Å². The van der Waals surface area contributed by atoms with E-state index in [1.807, 2.05) is 0 Å². The Hall–Kier alpha value is -2.12. The van der Waals surface area contributed by atoms with Gasteiger partial charge >= 0.3 is 0 Å². The molecule has 0 saturated heterocycles. The summed E-state index contributed by atoms with van der Waals surface area (Å²) in [6, 6.07) is 22.4. The standard InChI is InChI=1S/C22H15Br/c23-13-14-9-17-5-7-20-19(21(17)10-14)8-6-18-11-15-3-1-2-4-16(15)12-22(18)20/h1-8,10-12H,9,13H2. The lowest BCUT2D eigenvalue weighted by Gasteiger charge is -2.09. The van der Waals surface area contributed by atoms with Gasteiger partial charge in [-0.25, -0.2) is 0 Å². The summed E-state index contributed by atoms with van der Waals surface area (Å²) in [4.78, 5) is 0. The van der Waals surface area contributed by atoms with Crippen LogP contribution < -0.4 is 0 Å². The molecule has 4 aromatic carbocycles. The predicted molar refractivity (Wildman–Crippen MR) is 104 cm³/mol. The number of hydrogen-bond donors (Lipinski definition) is 0. The zero-order chi connectivity index (χ0) is 15.4. The van der Waals surface area contributed by atoms with Crippen molar-refractivity contribution in [3.05, 3.63) is 77.4 Å². The average Bonchev–Trinajstić information content (AvgIpc) is 3.03. The SMILES string of the molecule is BrCC1=Cc2c(ccc3c2ccc2cc4ccccc4cc23)C1. The minimum atomic E-state index is 0.960. The third-order valence-electron chi connectivity index (χ3n) is 4.95. The van der Waals surface area contributed by atoms with E-state index in [0.29, 0.717) is 0 Å². The van der Waals surface area contributed by atoms with Crippen molar-refractivity contribution in [1.29, 1.82) is 0 Å². The van der Waals surface area contributed by atoms with E-state index in [2.05, 4.69) is 82.7 Å². The lowest BCUT2D eigenvalue weighted by Crippen LogP contribution is -1.87. The van der Waals surface area contributed by atoms with Crippen molar-refractivity contribution in [2.45, 2.75) is 6.42 Å². The molecular weight excluding hydrogens is 344 g/mol. The molecule has 5 rings (SSSR count). The smallest absolute Gasteiger partial charge is 0.0248 e. The molecule has 1 aliphatic carbocycles. The van der Waals surface area contributed by atoms with Gasteiger partial charge in [0.05, 0.1) is 0 Å². The van der Waals surface area contributed by atoms with Gasteiger partial charge in [-0.2, -0.15) is 0 Å². The zero-order valence-electron chi connectivity index (χ0n) is 12.6. The topological polar surface area (TPSA) is 0 Å². The van der Waals surface area contributed by atoms with Crippen molar-refractivity contribution in [3.63, 3.8) is 0 Å². The van der Waals surface area contributed by atoms with Gasteiger partial charge in [-0.1, -0.05) is 76.1 Å². The second kappa shape index (κ2) is 4.94. The van der Waals surface area contributed by atoms with E-state index in [9.17, 15) is 0 Å². The Morgan fingerprint density at radius 2 is 1.52 bits per heavy atom. The summed E-state index contributed by atoms with van der Waals surface area (Å²) in [7, 11) is 0. The summed E-state index contributed by atoms with van der Waals surface area (Å²) in [5.74, 6) is 0. The fourth-order valence-corrected chi connectivity index (χ4v) is 4.17. The maximum atomic E-state index is 3.60. The molecule has 0 N–H and O–H groups in total. The summed E-state index contributed by atoms with van der Waals surface area (Å²) in [6.45, 7) is 0. The van der Waals surface area contributed by atoms with E-state index in [1.165, 1.54) is 49.0 Å². The molecule has 0 heterocycles. The van der Waals surface area contributed by atoms with Crippen molar-refractivity contribution in [1.82, 2.24) is 0 Å². The minimum Gasteiger partial charge on any atom is -0.0880 e. The molecule has 110 valence electrons. The van der Waals surface area contributed by atoms with Crippen LogP contribution in [-0.2, 0) is 6.42 Å². The number of halogens is 1. The predicted octanol–water partition coefficient (Wildman–Crippen LogP) is 6.48. The highest BCUT2D eigenvalue weighted by Gasteiger charge is 2.15. The fourth-order valence-electron chi connectivity index (χ4n) is 3.81. The van der Waals surface area contributed by atoms with Crippen molar-refractivity contribution in [3.8, 4) is 0 Å². The Labute approximate surface area is 143 Å². The molecule has 0 bridgehead atoms. The number of allylic oxidation sites excluding steroid dienone is 1. The molecular formula is C22H15Br. The van der Waals surface area contributed by atoms with Crippen LogP contribution in [0.5, 0.6) is 0 Å². The van der Waals surface area contributed by atoms with Crippen LogP contribution in [0.15, 0.2) is 66.2 Å². The normalized spacial score (nSPS) is 13.7. The Kier molecular flexibility index (Phi) is 2.86. The van der Waals surface area contributed by atoms with Crippen LogP contribution in [0, 0.1) is 0 Å². The van der Waals surface area contributed by atoms with Gasteiger partial charge in [0.25, 0.3) is 0 Å². The first-order valence-corrected chi connectivity index (χ1v) is 9.08. The fraction of sp³-hybridized carbons (Fsp3) is 0.0909.